The van der Waals surface area contributed by atoms with Gasteiger partial charge in [0.1, 0.15) is 0 Å². The van der Waals surface area contributed by atoms with E-state index in [1.54, 1.807) is 28.4 Å². The van der Waals surface area contributed by atoms with Crippen LogP contribution < -0.4 is 0 Å². The topological polar surface area (TPSA) is 57.7 Å². The summed E-state index contributed by atoms with van der Waals surface area (Å²) in [5.41, 5.74) is 3.57. The van der Waals surface area contributed by atoms with Crippen LogP contribution in [-0.2, 0) is 14.8 Å². The second kappa shape index (κ2) is 8.19. The first-order valence-corrected chi connectivity index (χ1v) is 11.6. The normalized spacial score (nSPS) is 16.1. The van der Waals surface area contributed by atoms with Crippen molar-refractivity contribution in [2.45, 2.75) is 32.6 Å². The number of benzene rings is 1. The van der Waals surface area contributed by atoms with Crippen LogP contribution in [-0.4, -0.2) is 49.7 Å². The monoisotopic (exact) mass is 418 g/mol. The van der Waals surface area contributed by atoms with Gasteiger partial charge in [0.05, 0.1) is 4.90 Å². The predicted molar refractivity (Wildman–Crippen MR) is 114 cm³/mol. The number of aryl methyl sites for hydroxylation is 2. The second-order valence-corrected chi connectivity index (χ2v) is 10.0. The number of carbonyl (C=O) groups is 1. The lowest BCUT2D eigenvalue weighted by Crippen LogP contribution is -2.50. The van der Waals surface area contributed by atoms with E-state index >= 15 is 0 Å². The Kier molecular flexibility index (Phi) is 6.07. The summed E-state index contributed by atoms with van der Waals surface area (Å²) in [6.45, 7) is 9.04. The van der Waals surface area contributed by atoms with E-state index in [2.05, 4.69) is 0 Å². The molecule has 1 aliphatic rings. The van der Waals surface area contributed by atoms with Gasteiger partial charge in [-0.05, 0) is 67.5 Å². The maximum absolute atomic E-state index is 13.3. The number of carbonyl (C=O) groups excluding carboxylic acids is 1. The molecular weight excluding hydrogens is 392 g/mol. The maximum atomic E-state index is 13.3. The van der Waals surface area contributed by atoms with Crippen molar-refractivity contribution in [3.63, 3.8) is 0 Å². The highest BCUT2D eigenvalue weighted by atomic mass is 32.2. The predicted octanol–water partition coefficient (Wildman–Crippen LogP) is 3.53. The molecule has 5 nitrogen and oxygen atoms in total. The number of thiophene rings is 1. The van der Waals surface area contributed by atoms with E-state index < -0.39 is 10.0 Å². The molecule has 1 fully saturated rings. The molecule has 1 aromatic carbocycles. The first-order valence-electron chi connectivity index (χ1n) is 9.30. The smallest absolute Gasteiger partial charge is 0.246 e. The minimum absolute atomic E-state index is 0.0794. The summed E-state index contributed by atoms with van der Waals surface area (Å²) in [6.07, 6.45) is 3.37. The minimum Gasteiger partial charge on any atom is -0.337 e. The number of piperazine rings is 1. The van der Waals surface area contributed by atoms with Crippen molar-refractivity contribution in [2.75, 3.05) is 26.2 Å². The zero-order valence-electron chi connectivity index (χ0n) is 16.7. The molecule has 0 unspecified atom stereocenters. The Bertz CT molecular complexity index is 975. The van der Waals surface area contributed by atoms with Crippen molar-refractivity contribution in [2.24, 2.45) is 0 Å². The van der Waals surface area contributed by atoms with Gasteiger partial charge in [0.25, 0.3) is 0 Å². The summed E-state index contributed by atoms with van der Waals surface area (Å²) >= 11 is 1.57. The third kappa shape index (κ3) is 4.06. The largest absolute Gasteiger partial charge is 0.337 e. The van der Waals surface area contributed by atoms with E-state index in [9.17, 15) is 13.2 Å². The van der Waals surface area contributed by atoms with Crippen molar-refractivity contribution in [3.05, 3.63) is 56.8 Å². The van der Waals surface area contributed by atoms with Gasteiger partial charge in [-0.1, -0.05) is 12.1 Å². The lowest BCUT2D eigenvalue weighted by Gasteiger charge is -2.34. The first-order chi connectivity index (χ1) is 13.2. The van der Waals surface area contributed by atoms with Crippen molar-refractivity contribution < 1.29 is 13.2 Å². The number of hydrogen-bond acceptors (Lipinski definition) is 4. The maximum Gasteiger partial charge on any atom is 0.246 e. The van der Waals surface area contributed by atoms with Crippen LogP contribution in [0.3, 0.4) is 0 Å². The summed E-state index contributed by atoms with van der Waals surface area (Å²) in [5, 5.41) is 1.96. The molecule has 150 valence electrons. The van der Waals surface area contributed by atoms with Gasteiger partial charge in [-0.2, -0.15) is 4.31 Å². The van der Waals surface area contributed by atoms with Crippen LogP contribution in [0.4, 0.5) is 0 Å². The standard InChI is InChI=1S/C21H26N2O3S2/c1-15-14-16(2)18(4)21(17(15)3)28(25,26)23-11-9-22(10-12-23)20(24)8-7-19-6-5-13-27-19/h5-8,13-14H,9-12H2,1-4H3. The summed E-state index contributed by atoms with van der Waals surface area (Å²) in [7, 11) is -3.59. The number of hydrogen-bond donors (Lipinski definition) is 0. The molecular formula is C21H26N2O3S2. The van der Waals surface area contributed by atoms with Gasteiger partial charge in [-0.25, -0.2) is 8.42 Å². The molecule has 0 N–H and O–H groups in total. The van der Waals surface area contributed by atoms with Gasteiger partial charge >= 0.3 is 0 Å². The Hall–Kier alpha value is -1.96. The molecule has 1 saturated heterocycles. The van der Waals surface area contributed by atoms with Gasteiger partial charge in [0, 0.05) is 37.1 Å². The molecule has 1 amide bonds. The quantitative estimate of drug-likeness (QED) is 0.714. The van der Waals surface area contributed by atoms with Gasteiger partial charge < -0.3 is 4.90 Å². The lowest BCUT2D eigenvalue weighted by atomic mass is 10.0. The van der Waals surface area contributed by atoms with Crippen LogP contribution >= 0.6 is 11.3 Å². The molecule has 3 rings (SSSR count). The Morgan fingerprint density at radius 1 is 1.04 bits per heavy atom. The van der Waals surface area contributed by atoms with Crippen LogP contribution in [0, 0.1) is 27.7 Å². The SMILES string of the molecule is Cc1cc(C)c(C)c(S(=O)(=O)N2CCN(C(=O)C=Cc3cccs3)CC2)c1C. The number of nitrogens with zero attached hydrogens (tertiary/aromatic N) is 2. The number of rotatable bonds is 4. The zero-order chi connectivity index (χ0) is 20.5. The van der Waals surface area contributed by atoms with Crippen molar-refractivity contribution in [1.82, 2.24) is 9.21 Å². The number of amides is 1. The number of sulfonamides is 1. The Labute approximate surface area is 171 Å². The molecule has 1 aliphatic heterocycles. The third-order valence-corrected chi connectivity index (χ3v) is 8.39. The van der Waals surface area contributed by atoms with Gasteiger partial charge in [-0.15, -0.1) is 11.3 Å². The van der Waals surface area contributed by atoms with E-state index in [1.165, 1.54) is 4.31 Å². The van der Waals surface area contributed by atoms with Gasteiger partial charge in [-0.3, -0.25) is 4.79 Å². The van der Waals surface area contributed by atoms with E-state index in [1.807, 2.05) is 51.3 Å². The zero-order valence-corrected chi connectivity index (χ0v) is 18.4. The fourth-order valence-electron chi connectivity index (χ4n) is 3.49. The molecule has 28 heavy (non-hydrogen) atoms. The molecule has 0 bridgehead atoms. The van der Waals surface area contributed by atoms with Gasteiger partial charge in [0.2, 0.25) is 15.9 Å². The van der Waals surface area contributed by atoms with Crippen LogP contribution in [0.5, 0.6) is 0 Å². The third-order valence-electron chi connectivity index (χ3n) is 5.38. The molecule has 0 atom stereocenters. The Morgan fingerprint density at radius 2 is 1.64 bits per heavy atom. The summed E-state index contributed by atoms with van der Waals surface area (Å²) in [5.74, 6) is -0.0794. The average molecular weight is 419 g/mol. The molecule has 0 radical (unpaired) electrons. The molecule has 1 aromatic heterocycles. The Balaban J connectivity index is 1.73. The minimum atomic E-state index is -3.59. The van der Waals surface area contributed by atoms with Crippen molar-refractivity contribution in [1.29, 1.82) is 0 Å². The highest BCUT2D eigenvalue weighted by Crippen LogP contribution is 2.29. The molecule has 0 saturated carbocycles. The molecule has 0 spiro atoms. The molecule has 2 aromatic rings. The van der Waals surface area contributed by atoms with Crippen LogP contribution in [0.1, 0.15) is 27.1 Å². The van der Waals surface area contributed by atoms with E-state index in [-0.39, 0.29) is 5.91 Å². The Morgan fingerprint density at radius 3 is 2.18 bits per heavy atom. The first kappa shape index (κ1) is 20.8. The van der Waals surface area contributed by atoms with Crippen LogP contribution in [0.15, 0.2) is 34.6 Å². The fraction of sp³-hybridized carbons (Fsp3) is 0.381. The molecule has 2 heterocycles. The van der Waals surface area contributed by atoms with E-state index in [0.717, 1.165) is 27.1 Å². The van der Waals surface area contributed by atoms with E-state index in [0.29, 0.717) is 31.1 Å². The van der Waals surface area contributed by atoms with Crippen molar-refractivity contribution in [3.8, 4) is 0 Å². The van der Waals surface area contributed by atoms with Crippen LogP contribution in [0.2, 0.25) is 0 Å². The van der Waals surface area contributed by atoms with Gasteiger partial charge in [0.15, 0.2) is 0 Å². The summed E-state index contributed by atoms with van der Waals surface area (Å²) in [4.78, 5) is 15.5. The summed E-state index contributed by atoms with van der Waals surface area (Å²) in [6, 6.07) is 5.92. The fourth-order valence-corrected chi connectivity index (χ4v) is 6.11. The highest BCUT2D eigenvalue weighted by Gasteiger charge is 2.32. The molecule has 0 aliphatic carbocycles. The van der Waals surface area contributed by atoms with E-state index in [4.69, 9.17) is 0 Å². The lowest BCUT2D eigenvalue weighted by molar-refractivity contribution is -0.127. The molecule has 7 heteroatoms. The van der Waals surface area contributed by atoms with Crippen molar-refractivity contribution >= 4 is 33.3 Å². The average Bonchev–Trinajstić information content (AvgIpc) is 3.18. The summed E-state index contributed by atoms with van der Waals surface area (Å²) < 4.78 is 28.1. The van der Waals surface area contributed by atoms with Crippen LogP contribution in [0.25, 0.3) is 6.08 Å². The highest BCUT2D eigenvalue weighted by molar-refractivity contribution is 7.89. The second-order valence-electron chi connectivity index (χ2n) is 7.17.